The Morgan fingerprint density at radius 1 is 0.971 bits per heavy atom. The van der Waals surface area contributed by atoms with Gasteiger partial charge in [0.15, 0.2) is 6.61 Å². The van der Waals surface area contributed by atoms with Gasteiger partial charge in [0.25, 0.3) is 17.3 Å². The third kappa shape index (κ3) is 6.92. The molecule has 0 aliphatic heterocycles. The highest BCUT2D eigenvalue weighted by Crippen LogP contribution is 2.24. The zero-order chi connectivity index (χ0) is 25.4. The van der Waals surface area contributed by atoms with Gasteiger partial charge in [0, 0.05) is 12.1 Å². The van der Waals surface area contributed by atoms with Gasteiger partial charge in [0.1, 0.15) is 11.5 Å². The molecule has 0 aliphatic rings. The van der Waals surface area contributed by atoms with Gasteiger partial charge in [-0.2, -0.15) is 5.10 Å². The number of hydrazone groups is 1. The van der Waals surface area contributed by atoms with Crippen molar-refractivity contribution in [3.8, 4) is 11.5 Å². The number of non-ortho nitro benzene ring substituents is 2. The Kier molecular flexibility index (Phi) is 7.80. The predicted octanol–water partition coefficient (Wildman–Crippen LogP) is 3.56. The first-order valence-electron chi connectivity index (χ1n) is 9.99. The van der Waals surface area contributed by atoms with E-state index in [0.29, 0.717) is 11.3 Å². The maximum absolute atomic E-state index is 12.4. The van der Waals surface area contributed by atoms with E-state index < -0.39 is 33.1 Å². The normalized spacial score (nSPS) is 10.5. The maximum Gasteiger partial charge on any atom is 0.344 e. The minimum absolute atomic E-state index is 0.0577. The van der Waals surface area contributed by atoms with E-state index in [1.54, 1.807) is 24.3 Å². The number of benzene rings is 3. The first-order valence-corrected chi connectivity index (χ1v) is 9.99. The molecule has 1 N–H and O–H groups in total. The Labute approximate surface area is 198 Å². The Morgan fingerprint density at radius 3 is 2.31 bits per heavy atom. The minimum atomic E-state index is -1.02. The summed E-state index contributed by atoms with van der Waals surface area (Å²) < 4.78 is 10.6. The molecule has 0 fully saturated rings. The van der Waals surface area contributed by atoms with Crippen LogP contribution in [0, 0.1) is 27.2 Å². The summed E-state index contributed by atoms with van der Waals surface area (Å²) in [5, 5.41) is 25.8. The van der Waals surface area contributed by atoms with Gasteiger partial charge >= 0.3 is 5.97 Å². The fraction of sp³-hybridized carbons (Fsp3) is 0.0870. The molecule has 0 radical (unpaired) electrons. The second-order valence-corrected chi connectivity index (χ2v) is 7.06. The van der Waals surface area contributed by atoms with Crippen LogP contribution in [0.3, 0.4) is 0 Å². The number of aryl methyl sites for hydroxylation is 1. The highest BCUT2D eigenvalue weighted by atomic mass is 16.6. The van der Waals surface area contributed by atoms with Crippen molar-refractivity contribution in [1.29, 1.82) is 0 Å². The number of carbonyl (C=O) groups excluding carboxylic acids is 2. The van der Waals surface area contributed by atoms with Crippen LogP contribution in [0.5, 0.6) is 11.5 Å². The van der Waals surface area contributed by atoms with Crippen molar-refractivity contribution in [3.05, 3.63) is 104 Å². The number of nitro groups is 2. The first kappa shape index (κ1) is 24.5. The van der Waals surface area contributed by atoms with Crippen LogP contribution in [0.2, 0.25) is 0 Å². The van der Waals surface area contributed by atoms with E-state index in [2.05, 4.69) is 10.5 Å². The average Bonchev–Trinajstić information content (AvgIpc) is 2.83. The summed E-state index contributed by atoms with van der Waals surface area (Å²) in [7, 11) is 0. The van der Waals surface area contributed by atoms with Crippen LogP contribution >= 0.6 is 0 Å². The lowest BCUT2D eigenvalue weighted by molar-refractivity contribution is -0.394. The average molecular weight is 478 g/mol. The van der Waals surface area contributed by atoms with Gasteiger partial charge in [-0.1, -0.05) is 30.3 Å². The molecule has 0 spiro atoms. The Hall–Kier alpha value is -5.13. The molecular formula is C23H18N4O8. The van der Waals surface area contributed by atoms with Gasteiger partial charge in [-0.3, -0.25) is 25.0 Å². The van der Waals surface area contributed by atoms with Crippen LogP contribution in [0.1, 0.15) is 21.5 Å². The summed E-state index contributed by atoms with van der Waals surface area (Å²) >= 11 is 0. The fourth-order valence-electron chi connectivity index (χ4n) is 2.82. The van der Waals surface area contributed by atoms with Gasteiger partial charge in [0.2, 0.25) is 0 Å². The van der Waals surface area contributed by atoms with Crippen molar-refractivity contribution in [2.45, 2.75) is 6.92 Å². The standard InChI is InChI=1S/C23H18N4O8/c1-15-5-2-3-8-21(15)34-14-22(28)25-24-13-16-6-4-7-20(9-16)35-23(29)17-10-18(26(30)31)12-19(11-17)27(32)33/h2-13H,14H2,1H3,(H,25,28)/b24-13-. The Bertz CT molecular complexity index is 1290. The highest BCUT2D eigenvalue weighted by molar-refractivity contribution is 5.93. The Morgan fingerprint density at radius 2 is 1.66 bits per heavy atom. The molecule has 3 aromatic carbocycles. The van der Waals surface area contributed by atoms with E-state index in [1.165, 1.54) is 18.3 Å². The molecule has 12 heteroatoms. The molecule has 0 saturated carbocycles. The molecule has 0 atom stereocenters. The van der Waals surface area contributed by atoms with Crippen LogP contribution in [-0.2, 0) is 4.79 Å². The smallest absolute Gasteiger partial charge is 0.344 e. The lowest BCUT2D eigenvalue weighted by Gasteiger charge is -2.07. The second-order valence-electron chi connectivity index (χ2n) is 7.06. The summed E-state index contributed by atoms with van der Waals surface area (Å²) in [5.74, 6) is -0.871. The van der Waals surface area contributed by atoms with Crippen LogP contribution in [-0.4, -0.2) is 34.5 Å². The third-order valence-electron chi connectivity index (χ3n) is 4.48. The molecule has 0 aromatic heterocycles. The van der Waals surface area contributed by atoms with Crippen molar-refractivity contribution in [2.75, 3.05) is 6.61 Å². The number of ether oxygens (including phenoxy) is 2. The molecule has 178 valence electrons. The van der Waals surface area contributed by atoms with Gasteiger partial charge in [-0.15, -0.1) is 0 Å². The summed E-state index contributed by atoms with van der Waals surface area (Å²) in [5.41, 5.74) is 2.06. The van der Waals surface area contributed by atoms with Crippen LogP contribution in [0.4, 0.5) is 11.4 Å². The zero-order valence-corrected chi connectivity index (χ0v) is 18.2. The number of nitrogens with one attached hydrogen (secondary N) is 1. The molecule has 3 aromatic rings. The first-order chi connectivity index (χ1) is 16.7. The number of carbonyl (C=O) groups is 2. The highest BCUT2D eigenvalue weighted by Gasteiger charge is 2.21. The van der Waals surface area contributed by atoms with Gasteiger partial charge in [-0.05, 0) is 36.2 Å². The molecule has 3 rings (SSSR count). The monoisotopic (exact) mass is 478 g/mol. The van der Waals surface area contributed by atoms with E-state index in [9.17, 15) is 29.8 Å². The number of nitrogens with zero attached hydrogens (tertiary/aromatic N) is 3. The number of hydrogen-bond acceptors (Lipinski definition) is 9. The van der Waals surface area contributed by atoms with Crippen LogP contribution in [0.25, 0.3) is 0 Å². The van der Waals surface area contributed by atoms with E-state index in [0.717, 1.165) is 23.8 Å². The van der Waals surface area contributed by atoms with Crippen molar-refractivity contribution < 1.29 is 28.9 Å². The maximum atomic E-state index is 12.4. The Balaban J connectivity index is 1.62. The lowest BCUT2D eigenvalue weighted by Crippen LogP contribution is -2.24. The lowest BCUT2D eigenvalue weighted by atomic mass is 10.1. The number of nitro benzene ring substituents is 2. The number of amides is 1. The molecule has 0 saturated heterocycles. The van der Waals surface area contributed by atoms with Crippen molar-refractivity contribution in [3.63, 3.8) is 0 Å². The van der Waals surface area contributed by atoms with E-state index in [1.807, 2.05) is 19.1 Å². The second kappa shape index (κ2) is 11.1. The summed E-state index contributed by atoms with van der Waals surface area (Å²) in [6, 6.07) is 15.8. The van der Waals surface area contributed by atoms with E-state index >= 15 is 0 Å². The topological polar surface area (TPSA) is 163 Å². The van der Waals surface area contributed by atoms with Crippen molar-refractivity contribution >= 4 is 29.5 Å². The minimum Gasteiger partial charge on any atom is -0.483 e. The molecule has 0 unspecified atom stereocenters. The molecule has 35 heavy (non-hydrogen) atoms. The molecular weight excluding hydrogens is 460 g/mol. The quantitative estimate of drug-likeness (QED) is 0.160. The predicted molar refractivity (Wildman–Crippen MR) is 124 cm³/mol. The van der Waals surface area contributed by atoms with Gasteiger partial charge in [0.05, 0.1) is 27.7 Å². The summed E-state index contributed by atoms with van der Waals surface area (Å²) in [4.78, 5) is 44.7. The van der Waals surface area contributed by atoms with Crippen LogP contribution < -0.4 is 14.9 Å². The van der Waals surface area contributed by atoms with E-state index in [4.69, 9.17) is 9.47 Å². The van der Waals surface area contributed by atoms with Gasteiger partial charge < -0.3 is 9.47 Å². The van der Waals surface area contributed by atoms with Crippen molar-refractivity contribution in [2.24, 2.45) is 5.10 Å². The molecule has 0 aliphatic carbocycles. The molecule has 1 amide bonds. The number of rotatable bonds is 9. The summed E-state index contributed by atoms with van der Waals surface area (Å²) in [6.07, 6.45) is 1.31. The summed E-state index contributed by atoms with van der Waals surface area (Å²) in [6.45, 7) is 1.61. The number of esters is 1. The SMILES string of the molecule is Cc1ccccc1OCC(=O)N/N=C\c1cccc(OC(=O)c2cc([N+](=O)[O-])cc([N+](=O)[O-])c2)c1. The number of hydrogen-bond donors (Lipinski definition) is 1. The molecule has 0 heterocycles. The van der Waals surface area contributed by atoms with E-state index in [-0.39, 0.29) is 17.9 Å². The van der Waals surface area contributed by atoms with Crippen molar-refractivity contribution in [1.82, 2.24) is 5.43 Å². The zero-order valence-electron chi connectivity index (χ0n) is 18.2. The largest absolute Gasteiger partial charge is 0.483 e. The molecule has 0 bridgehead atoms. The third-order valence-corrected chi connectivity index (χ3v) is 4.48. The molecule has 12 nitrogen and oxygen atoms in total. The fourth-order valence-corrected chi connectivity index (χ4v) is 2.82. The number of para-hydroxylation sites is 1. The van der Waals surface area contributed by atoms with Gasteiger partial charge in [-0.25, -0.2) is 10.2 Å². The van der Waals surface area contributed by atoms with Crippen LogP contribution in [0.15, 0.2) is 71.8 Å².